The van der Waals surface area contributed by atoms with Crippen LogP contribution in [0.1, 0.15) is 20.8 Å². The lowest BCUT2D eigenvalue weighted by Crippen LogP contribution is -2.50. The third kappa shape index (κ3) is 3.44. The lowest BCUT2D eigenvalue weighted by Gasteiger charge is -2.28. The summed E-state index contributed by atoms with van der Waals surface area (Å²) in [6.07, 6.45) is -0.800. The lowest BCUT2D eigenvalue weighted by molar-refractivity contribution is 0.111. The molecule has 102 valence electrons. The van der Waals surface area contributed by atoms with Crippen LogP contribution in [0.5, 0.6) is 5.75 Å². The Labute approximate surface area is 108 Å². The second kappa shape index (κ2) is 5.26. The van der Waals surface area contributed by atoms with Crippen LogP contribution in [0, 0.1) is 0 Å². The van der Waals surface area contributed by atoms with Gasteiger partial charge in [-0.15, -0.1) is 0 Å². The normalized spacial score (nSPS) is 14.3. The molecule has 0 heterocycles. The van der Waals surface area contributed by atoms with Crippen molar-refractivity contribution in [3.8, 4) is 5.75 Å². The van der Waals surface area contributed by atoms with Gasteiger partial charge in [0.05, 0.1) is 23.6 Å². The molecule has 2 N–H and O–H groups in total. The maximum atomic E-state index is 12.1. The molecule has 1 aromatic rings. The molecule has 5 nitrogen and oxygen atoms in total. The minimum absolute atomic E-state index is 0.136. The van der Waals surface area contributed by atoms with Gasteiger partial charge in [-0.3, -0.25) is 0 Å². The largest absolute Gasteiger partial charge is 0.497 e. The quantitative estimate of drug-likeness (QED) is 0.843. The summed E-state index contributed by atoms with van der Waals surface area (Å²) in [6.45, 7) is 4.79. The van der Waals surface area contributed by atoms with Crippen molar-refractivity contribution in [2.24, 2.45) is 0 Å². The number of benzene rings is 1. The average Bonchev–Trinajstić information content (AvgIpc) is 2.27. The predicted molar refractivity (Wildman–Crippen MR) is 69.1 cm³/mol. The molecule has 1 atom stereocenters. The first-order chi connectivity index (χ1) is 8.19. The zero-order valence-electron chi connectivity index (χ0n) is 11.0. The van der Waals surface area contributed by atoms with E-state index < -0.39 is 21.7 Å². The Kier molecular flexibility index (Phi) is 4.37. The molecular formula is C12H19NO4S. The number of nitrogens with one attached hydrogen (secondary N) is 1. The summed E-state index contributed by atoms with van der Waals surface area (Å²) in [6, 6.07) is 6.06. The number of hydrogen-bond acceptors (Lipinski definition) is 4. The van der Waals surface area contributed by atoms with Crippen molar-refractivity contribution in [2.75, 3.05) is 7.11 Å². The molecule has 1 rings (SSSR count). The summed E-state index contributed by atoms with van der Waals surface area (Å²) in [5.41, 5.74) is -0.932. The van der Waals surface area contributed by atoms with Crippen molar-refractivity contribution in [3.05, 3.63) is 24.3 Å². The summed E-state index contributed by atoms with van der Waals surface area (Å²) in [5, 5.41) is 9.53. The van der Waals surface area contributed by atoms with Crippen LogP contribution < -0.4 is 9.46 Å². The highest BCUT2D eigenvalue weighted by Gasteiger charge is 2.30. The maximum Gasteiger partial charge on any atom is 0.241 e. The molecule has 18 heavy (non-hydrogen) atoms. The maximum absolute atomic E-state index is 12.1. The van der Waals surface area contributed by atoms with E-state index in [9.17, 15) is 13.5 Å². The summed E-state index contributed by atoms with van der Waals surface area (Å²) in [5.74, 6) is 0.587. The van der Waals surface area contributed by atoms with Gasteiger partial charge in [-0.25, -0.2) is 13.1 Å². The standard InChI is InChI=1S/C12H19NO4S/c1-9(14)12(2,3)13-18(15,16)11-7-5-10(17-4)6-8-11/h5-9,13-14H,1-4H3. The highest BCUT2D eigenvalue weighted by Crippen LogP contribution is 2.18. The molecule has 0 radical (unpaired) electrons. The van der Waals surface area contributed by atoms with E-state index in [0.717, 1.165) is 0 Å². The van der Waals surface area contributed by atoms with E-state index in [1.807, 2.05) is 0 Å². The monoisotopic (exact) mass is 273 g/mol. The SMILES string of the molecule is COc1ccc(S(=O)(=O)NC(C)(C)C(C)O)cc1. The Morgan fingerprint density at radius 3 is 2.17 bits per heavy atom. The lowest BCUT2D eigenvalue weighted by atomic mass is 10.0. The molecule has 0 aliphatic rings. The van der Waals surface area contributed by atoms with Crippen LogP contribution in [0.25, 0.3) is 0 Å². The van der Waals surface area contributed by atoms with Crippen molar-refractivity contribution in [1.29, 1.82) is 0 Å². The Morgan fingerprint density at radius 2 is 1.78 bits per heavy atom. The van der Waals surface area contributed by atoms with Crippen molar-refractivity contribution < 1.29 is 18.3 Å². The van der Waals surface area contributed by atoms with Crippen molar-refractivity contribution in [1.82, 2.24) is 4.72 Å². The van der Waals surface area contributed by atoms with E-state index in [1.165, 1.54) is 26.2 Å². The number of hydrogen-bond donors (Lipinski definition) is 2. The van der Waals surface area contributed by atoms with E-state index in [2.05, 4.69) is 4.72 Å². The van der Waals surface area contributed by atoms with Crippen LogP contribution in [-0.2, 0) is 10.0 Å². The molecule has 0 aliphatic heterocycles. The van der Waals surface area contributed by atoms with E-state index in [-0.39, 0.29) is 4.90 Å². The van der Waals surface area contributed by atoms with Gasteiger partial charge in [0.1, 0.15) is 5.75 Å². The zero-order chi connectivity index (χ0) is 14.0. The van der Waals surface area contributed by atoms with Gasteiger partial charge in [0.2, 0.25) is 10.0 Å². The van der Waals surface area contributed by atoms with Crippen LogP contribution >= 0.6 is 0 Å². The van der Waals surface area contributed by atoms with E-state index in [0.29, 0.717) is 5.75 Å². The molecule has 6 heteroatoms. The molecule has 0 fully saturated rings. The number of ether oxygens (including phenoxy) is 1. The van der Waals surface area contributed by atoms with E-state index in [1.54, 1.807) is 26.0 Å². The van der Waals surface area contributed by atoms with Crippen LogP contribution in [0.15, 0.2) is 29.2 Å². The molecule has 0 aliphatic carbocycles. The number of methoxy groups -OCH3 is 1. The molecule has 0 saturated heterocycles. The second-order valence-electron chi connectivity index (χ2n) is 4.68. The minimum atomic E-state index is -3.65. The molecule has 0 amide bonds. The van der Waals surface area contributed by atoms with Crippen LogP contribution in [0.3, 0.4) is 0 Å². The molecule has 0 aromatic heterocycles. The fourth-order valence-electron chi connectivity index (χ4n) is 1.25. The van der Waals surface area contributed by atoms with Crippen molar-refractivity contribution in [3.63, 3.8) is 0 Å². The molecule has 1 aromatic carbocycles. The van der Waals surface area contributed by atoms with Crippen molar-refractivity contribution >= 4 is 10.0 Å². The Bertz CT molecular complexity index is 491. The zero-order valence-corrected chi connectivity index (χ0v) is 11.8. The Balaban J connectivity index is 2.99. The fourth-order valence-corrected chi connectivity index (χ4v) is 2.72. The van der Waals surface area contributed by atoms with Gasteiger partial charge in [-0.1, -0.05) is 0 Å². The molecule has 0 saturated carbocycles. The van der Waals surface area contributed by atoms with Crippen LogP contribution in [0.4, 0.5) is 0 Å². The van der Waals surface area contributed by atoms with Gasteiger partial charge in [0.25, 0.3) is 0 Å². The van der Waals surface area contributed by atoms with Gasteiger partial charge < -0.3 is 9.84 Å². The summed E-state index contributed by atoms with van der Waals surface area (Å²) < 4.78 is 31.6. The molecule has 1 unspecified atom stereocenters. The average molecular weight is 273 g/mol. The first kappa shape index (κ1) is 14.9. The van der Waals surface area contributed by atoms with E-state index in [4.69, 9.17) is 4.74 Å². The summed E-state index contributed by atoms with van der Waals surface area (Å²) in [4.78, 5) is 0.136. The van der Waals surface area contributed by atoms with Gasteiger partial charge in [-0.2, -0.15) is 0 Å². The topological polar surface area (TPSA) is 75.6 Å². The smallest absolute Gasteiger partial charge is 0.241 e. The molecular weight excluding hydrogens is 254 g/mol. The highest BCUT2D eigenvalue weighted by molar-refractivity contribution is 7.89. The first-order valence-corrected chi connectivity index (χ1v) is 7.03. The first-order valence-electron chi connectivity index (χ1n) is 5.55. The highest BCUT2D eigenvalue weighted by atomic mass is 32.2. The number of aliphatic hydroxyl groups excluding tert-OH is 1. The minimum Gasteiger partial charge on any atom is -0.497 e. The second-order valence-corrected chi connectivity index (χ2v) is 6.36. The van der Waals surface area contributed by atoms with Crippen LogP contribution in [-0.4, -0.2) is 32.3 Å². The number of sulfonamides is 1. The fraction of sp³-hybridized carbons (Fsp3) is 0.500. The van der Waals surface area contributed by atoms with Gasteiger partial charge in [0, 0.05) is 0 Å². The predicted octanol–water partition coefficient (Wildman–Crippen LogP) is 1.13. The number of rotatable bonds is 5. The molecule has 0 spiro atoms. The van der Waals surface area contributed by atoms with Gasteiger partial charge in [0.15, 0.2) is 0 Å². The summed E-state index contributed by atoms with van der Waals surface area (Å²) in [7, 11) is -2.14. The van der Waals surface area contributed by atoms with Gasteiger partial charge in [-0.05, 0) is 45.0 Å². The Hall–Kier alpha value is -1.11. The third-order valence-corrected chi connectivity index (χ3v) is 4.50. The third-order valence-electron chi connectivity index (χ3n) is 2.81. The van der Waals surface area contributed by atoms with Gasteiger partial charge >= 0.3 is 0 Å². The summed E-state index contributed by atoms with van der Waals surface area (Å²) >= 11 is 0. The number of aliphatic hydroxyl groups is 1. The Morgan fingerprint density at radius 1 is 1.28 bits per heavy atom. The van der Waals surface area contributed by atoms with Crippen molar-refractivity contribution in [2.45, 2.75) is 37.3 Å². The van der Waals surface area contributed by atoms with Crippen LogP contribution in [0.2, 0.25) is 0 Å². The molecule has 0 bridgehead atoms. The van der Waals surface area contributed by atoms with E-state index >= 15 is 0 Å².